The monoisotopic (exact) mass is 379 g/mol. The first-order valence-electron chi connectivity index (χ1n) is 8.16. The number of hydrogen-bond donors (Lipinski definition) is 1. The van der Waals surface area contributed by atoms with Crippen LogP contribution in [0.15, 0.2) is 71.2 Å². The van der Waals surface area contributed by atoms with Crippen LogP contribution >= 0.6 is 23.1 Å². The van der Waals surface area contributed by atoms with Crippen molar-refractivity contribution >= 4 is 33.9 Å². The van der Waals surface area contributed by atoms with Crippen LogP contribution in [0.3, 0.4) is 0 Å². The predicted molar refractivity (Wildman–Crippen MR) is 107 cm³/mol. The van der Waals surface area contributed by atoms with Gasteiger partial charge in [0.25, 0.3) is 0 Å². The van der Waals surface area contributed by atoms with Crippen LogP contribution in [0.2, 0.25) is 0 Å². The van der Waals surface area contributed by atoms with E-state index in [9.17, 15) is 0 Å². The zero-order valence-corrected chi connectivity index (χ0v) is 15.8. The van der Waals surface area contributed by atoms with E-state index in [1.54, 1.807) is 23.1 Å². The second-order valence-corrected chi connectivity index (χ2v) is 7.43. The van der Waals surface area contributed by atoms with E-state index < -0.39 is 0 Å². The van der Waals surface area contributed by atoms with Gasteiger partial charge in [-0.05, 0) is 31.2 Å². The summed E-state index contributed by atoms with van der Waals surface area (Å²) in [5.41, 5.74) is 3.14. The van der Waals surface area contributed by atoms with Gasteiger partial charge in [0.2, 0.25) is 0 Å². The highest BCUT2D eigenvalue weighted by molar-refractivity contribution is 7.98. The Labute approximate surface area is 160 Å². The predicted octanol–water partition coefficient (Wildman–Crippen LogP) is 5.07. The Balaban J connectivity index is 1.46. The topological polar surface area (TPSA) is 55.6 Å². The summed E-state index contributed by atoms with van der Waals surface area (Å²) in [4.78, 5) is 4.66. The maximum Gasteiger partial charge on any atom is 0.196 e. The molecule has 0 saturated carbocycles. The lowest BCUT2D eigenvalue weighted by Gasteiger charge is -2.07. The van der Waals surface area contributed by atoms with Crippen molar-refractivity contribution in [3.05, 3.63) is 77.6 Å². The maximum absolute atomic E-state index is 4.66. The van der Waals surface area contributed by atoms with Crippen LogP contribution in [0.1, 0.15) is 11.5 Å². The molecule has 2 aromatic heterocycles. The average Bonchev–Trinajstić information content (AvgIpc) is 3.28. The summed E-state index contributed by atoms with van der Waals surface area (Å²) in [7, 11) is 0. The molecular weight excluding hydrogens is 362 g/mol. The minimum absolute atomic E-state index is 0.748. The molecule has 0 aliphatic rings. The second kappa shape index (κ2) is 7.72. The third-order valence-electron chi connectivity index (χ3n) is 3.74. The first-order chi connectivity index (χ1) is 12.8. The third-order valence-corrected chi connectivity index (χ3v) is 5.50. The van der Waals surface area contributed by atoms with Crippen molar-refractivity contribution in [1.29, 1.82) is 0 Å². The first-order valence-corrected chi connectivity index (χ1v) is 10.0. The quantitative estimate of drug-likeness (QED) is 0.474. The molecule has 0 atom stereocenters. The Morgan fingerprint density at radius 3 is 2.50 bits per heavy atom. The molecule has 0 aliphatic heterocycles. The standard InChI is InChI=1S/C19H17N5S2/c1-14-22-23-19(24(14)17-10-6-3-7-11-17)26-13-16-12-25-18(21-16)20-15-8-4-2-5-9-15/h2-12H,13H2,1H3,(H,20,21). The number of benzene rings is 2. The zero-order chi connectivity index (χ0) is 17.8. The number of para-hydroxylation sites is 2. The molecule has 2 aromatic carbocycles. The number of thioether (sulfide) groups is 1. The van der Waals surface area contributed by atoms with E-state index in [1.165, 1.54) is 0 Å². The summed E-state index contributed by atoms with van der Waals surface area (Å²) in [6, 6.07) is 20.2. The largest absolute Gasteiger partial charge is 0.332 e. The fraction of sp³-hybridized carbons (Fsp3) is 0.105. The molecule has 0 spiro atoms. The van der Waals surface area contributed by atoms with Gasteiger partial charge in [-0.25, -0.2) is 4.98 Å². The summed E-state index contributed by atoms with van der Waals surface area (Å²) < 4.78 is 2.07. The number of nitrogens with zero attached hydrogens (tertiary/aromatic N) is 4. The highest BCUT2D eigenvalue weighted by atomic mass is 32.2. The molecule has 7 heteroatoms. The Bertz CT molecular complexity index is 980. The lowest BCUT2D eigenvalue weighted by Crippen LogP contribution is -1.99. The molecule has 4 aromatic rings. The van der Waals surface area contributed by atoms with E-state index in [1.807, 2.05) is 55.5 Å². The van der Waals surface area contributed by atoms with E-state index in [-0.39, 0.29) is 0 Å². The fourth-order valence-electron chi connectivity index (χ4n) is 2.52. The second-order valence-electron chi connectivity index (χ2n) is 5.62. The molecule has 5 nitrogen and oxygen atoms in total. The van der Waals surface area contributed by atoms with Gasteiger partial charge in [-0.1, -0.05) is 48.2 Å². The number of rotatable bonds is 6. The number of nitrogens with one attached hydrogen (secondary N) is 1. The van der Waals surface area contributed by atoms with Crippen molar-refractivity contribution in [2.75, 3.05) is 5.32 Å². The number of anilines is 2. The van der Waals surface area contributed by atoms with Gasteiger partial charge in [0.05, 0.1) is 5.69 Å². The molecule has 4 rings (SSSR count). The number of thiazole rings is 1. The maximum atomic E-state index is 4.66. The highest BCUT2D eigenvalue weighted by Crippen LogP contribution is 2.27. The summed E-state index contributed by atoms with van der Waals surface area (Å²) >= 11 is 3.25. The molecule has 2 heterocycles. The highest BCUT2D eigenvalue weighted by Gasteiger charge is 2.12. The average molecular weight is 380 g/mol. The van der Waals surface area contributed by atoms with Crippen LogP contribution in [0.25, 0.3) is 5.69 Å². The number of hydrogen-bond acceptors (Lipinski definition) is 6. The Morgan fingerprint density at radius 1 is 1.00 bits per heavy atom. The van der Waals surface area contributed by atoms with Crippen LogP contribution in [0, 0.1) is 6.92 Å². The summed E-state index contributed by atoms with van der Waals surface area (Å²) in [5.74, 6) is 1.63. The fourth-order valence-corrected chi connectivity index (χ4v) is 4.25. The van der Waals surface area contributed by atoms with Gasteiger partial charge in [0.15, 0.2) is 10.3 Å². The van der Waals surface area contributed by atoms with Gasteiger partial charge in [0, 0.05) is 22.5 Å². The lowest BCUT2D eigenvalue weighted by molar-refractivity contribution is 0.868. The Kier molecular flexibility index (Phi) is 4.99. The SMILES string of the molecule is Cc1nnc(SCc2csc(Nc3ccccc3)n2)n1-c1ccccc1. The number of aryl methyl sites for hydroxylation is 1. The molecule has 0 fully saturated rings. The van der Waals surface area contributed by atoms with Crippen LogP contribution in [-0.4, -0.2) is 19.7 Å². The molecule has 0 radical (unpaired) electrons. The number of aromatic nitrogens is 4. The van der Waals surface area contributed by atoms with Gasteiger partial charge in [-0.2, -0.15) is 0 Å². The van der Waals surface area contributed by atoms with Crippen molar-refractivity contribution in [2.45, 2.75) is 17.8 Å². The summed E-state index contributed by atoms with van der Waals surface area (Å²) in [6.45, 7) is 1.97. The van der Waals surface area contributed by atoms with Crippen LogP contribution < -0.4 is 5.32 Å². The van der Waals surface area contributed by atoms with Crippen molar-refractivity contribution in [1.82, 2.24) is 19.7 Å². The van der Waals surface area contributed by atoms with Gasteiger partial charge in [0.1, 0.15) is 5.82 Å². The van der Waals surface area contributed by atoms with E-state index in [0.29, 0.717) is 0 Å². The lowest BCUT2D eigenvalue weighted by atomic mass is 10.3. The minimum atomic E-state index is 0.748. The molecule has 0 bridgehead atoms. The zero-order valence-electron chi connectivity index (χ0n) is 14.2. The third kappa shape index (κ3) is 3.79. The molecular formula is C19H17N5S2. The van der Waals surface area contributed by atoms with E-state index >= 15 is 0 Å². The van der Waals surface area contributed by atoms with Crippen molar-refractivity contribution in [3.8, 4) is 5.69 Å². The van der Waals surface area contributed by atoms with Gasteiger partial charge < -0.3 is 5.32 Å². The van der Waals surface area contributed by atoms with Gasteiger partial charge in [-0.15, -0.1) is 21.5 Å². The van der Waals surface area contributed by atoms with Gasteiger partial charge in [-0.3, -0.25) is 4.57 Å². The smallest absolute Gasteiger partial charge is 0.196 e. The normalized spacial score (nSPS) is 10.8. The Hall–Kier alpha value is -2.64. The van der Waals surface area contributed by atoms with E-state index in [0.717, 1.165) is 38.9 Å². The molecule has 130 valence electrons. The molecule has 0 amide bonds. The molecule has 0 aliphatic carbocycles. The minimum Gasteiger partial charge on any atom is -0.332 e. The van der Waals surface area contributed by atoms with Crippen LogP contribution in [0.4, 0.5) is 10.8 Å². The van der Waals surface area contributed by atoms with Crippen molar-refractivity contribution < 1.29 is 0 Å². The van der Waals surface area contributed by atoms with Crippen molar-refractivity contribution in [3.63, 3.8) is 0 Å². The Morgan fingerprint density at radius 2 is 1.73 bits per heavy atom. The molecule has 26 heavy (non-hydrogen) atoms. The molecule has 1 N–H and O–H groups in total. The first kappa shape index (κ1) is 16.8. The summed E-state index contributed by atoms with van der Waals surface area (Å²) in [6.07, 6.45) is 0. The molecule has 0 unspecified atom stereocenters. The molecule has 0 saturated heterocycles. The van der Waals surface area contributed by atoms with Gasteiger partial charge >= 0.3 is 0 Å². The van der Waals surface area contributed by atoms with Crippen molar-refractivity contribution in [2.24, 2.45) is 0 Å². The van der Waals surface area contributed by atoms with Crippen LogP contribution in [0.5, 0.6) is 0 Å². The van der Waals surface area contributed by atoms with E-state index in [4.69, 9.17) is 0 Å². The summed E-state index contributed by atoms with van der Waals surface area (Å²) in [5, 5.41) is 15.7. The van der Waals surface area contributed by atoms with E-state index in [2.05, 4.69) is 42.6 Å². The van der Waals surface area contributed by atoms with Crippen LogP contribution in [-0.2, 0) is 5.75 Å².